The van der Waals surface area contributed by atoms with Crippen LogP contribution in [0.15, 0.2) is 18.3 Å². The standard InChI is InChI=1S/C11H10N2O3/c1-16-11(15)8-3-2-7(4-5-14)9-6-12-13-10(8)9/h2-3,5-6H,4H2,1H3,(H,12,13). The number of methoxy groups -OCH3 is 1. The molecule has 0 saturated heterocycles. The summed E-state index contributed by atoms with van der Waals surface area (Å²) in [5.41, 5.74) is 1.86. The highest BCUT2D eigenvalue weighted by molar-refractivity contribution is 6.03. The van der Waals surface area contributed by atoms with Gasteiger partial charge in [0, 0.05) is 11.8 Å². The average Bonchev–Trinajstić information content (AvgIpc) is 2.78. The molecular weight excluding hydrogens is 208 g/mol. The molecule has 2 rings (SSSR count). The normalized spacial score (nSPS) is 10.3. The third kappa shape index (κ3) is 1.56. The Bertz CT molecular complexity index is 545. The summed E-state index contributed by atoms with van der Waals surface area (Å²) in [5.74, 6) is -0.424. The molecule has 1 aromatic heterocycles. The SMILES string of the molecule is COC(=O)c1ccc(CC=O)c2cn[nH]c12. The molecule has 0 fully saturated rings. The zero-order valence-electron chi connectivity index (χ0n) is 8.69. The summed E-state index contributed by atoms with van der Waals surface area (Å²) in [6, 6.07) is 3.36. The number of hydrogen-bond donors (Lipinski definition) is 1. The minimum Gasteiger partial charge on any atom is -0.465 e. The molecule has 1 heterocycles. The second-order valence-corrected chi connectivity index (χ2v) is 3.29. The second-order valence-electron chi connectivity index (χ2n) is 3.29. The lowest BCUT2D eigenvalue weighted by Crippen LogP contribution is -2.03. The van der Waals surface area contributed by atoms with Gasteiger partial charge in [-0.25, -0.2) is 4.79 Å². The van der Waals surface area contributed by atoms with E-state index >= 15 is 0 Å². The molecule has 0 radical (unpaired) electrons. The molecule has 0 aliphatic carbocycles. The summed E-state index contributed by atoms with van der Waals surface area (Å²) in [4.78, 5) is 21.9. The van der Waals surface area contributed by atoms with Crippen molar-refractivity contribution in [3.05, 3.63) is 29.5 Å². The highest BCUT2D eigenvalue weighted by Crippen LogP contribution is 2.21. The molecule has 82 valence electrons. The third-order valence-electron chi connectivity index (χ3n) is 2.41. The Balaban J connectivity index is 2.63. The maximum Gasteiger partial charge on any atom is 0.340 e. The maximum atomic E-state index is 11.5. The number of hydrogen-bond acceptors (Lipinski definition) is 4. The number of rotatable bonds is 3. The monoisotopic (exact) mass is 218 g/mol. The van der Waals surface area contributed by atoms with E-state index in [9.17, 15) is 9.59 Å². The van der Waals surface area contributed by atoms with E-state index in [2.05, 4.69) is 14.9 Å². The molecular formula is C11H10N2O3. The van der Waals surface area contributed by atoms with Crippen LogP contribution >= 0.6 is 0 Å². The molecule has 0 spiro atoms. The van der Waals surface area contributed by atoms with Crippen LogP contribution < -0.4 is 0 Å². The van der Waals surface area contributed by atoms with Crippen molar-refractivity contribution in [2.45, 2.75) is 6.42 Å². The van der Waals surface area contributed by atoms with E-state index in [-0.39, 0.29) is 0 Å². The van der Waals surface area contributed by atoms with Crippen molar-refractivity contribution in [3.8, 4) is 0 Å². The Morgan fingerprint density at radius 1 is 1.56 bits per heavy atom. The van der Waals surface area contributed by atoms with Gasteiger partial charge in [0.1, 0.15) is 6.29 Å². The summed E-state index contributed by atoms with van der Waals surface area (Å²) >= 11 is 0. The molecule has 0 saturated carbocycles. The lowest BCUT2D eigenvalue weighted by molar-refractivity contribution is -0.107. The number of carbonyl (C=O) groups is 2. The van der Waals surface area contributed by atoms with E-state index in [4.69, 9.17) is 0 Å². The number of fused-ring (bicyclic) bond motifs is 1. The van der Waals surface area contributed by atoms with Gasteiger partial charge in [-0.05, 0) is 11.6 Å². The molecule has 0 aliphatic rings. The molecule has 0 aliphatic heterocycles. The molecule has 0 amide bonds. The smallest absolute Gasteiger partial charge is 0.340 e. The van der Waals surface area contributed by atoms with Crippen LogP contribution in [0.5, 0.6) is 0 Å². The number of aromatic nitrogens is 2. The Morgan fingerprint density at radius 2 is 2.38 bits per heavy atom. The third-order valence-corrected chi connectivity index (χ3v) is 2.41. The van der Waals surface area contributed by atoms with E-state index in [1.807, 2.05) is 0 Å². The number of ether oxygens (including phenoxy) is 1. The van der Waals surface area contributed by atoms with Gasteiger partial charge >= 0.3 is 5.97 Å². The number of nitrogens with one attached hydrogen (secondary N) is 1. The van der Waals surface area contributed by atoms with Crippen molar-refractivity contribution in [2.24, 2.45) is 0 Å². The van der Waals surface area contributed by atoms with E-state index < -0.39 is 5.97 Å². The number of aromatic amines is 1. The lowest BCUT2D eigenvalue weighted by Gasteiger charge is -2.03. The van der Waals surface area contributed by atoms with Crippen molar-refractivity contribution in [2.75, 3.05) is 7.11 Å². The minimum atomic E-state index is -0.424. The summed E-state index contributed by atoms with van der Waals surface area (Å²) in [5, 5.41) is 7.38. The number of benzene rings is 1. The van der Waals surface area contributed by atoms with Gasteiger partial charge in [0.15, 0.2) is 0 Å². The highest BCUT2D eigenvalue weighted by atomic mass is 16.5. The Hall–Kier alpha value is -2.17. The molecule has 1 aromatic carbocycles. The second kappa shape index (κ2) is 4.14. The van der Waals surface area contributed by atoms with Gasteiger partial charge in [0.25, 0.3) is 0 Å². The molecule has 2 aromatic rings. The Labute approximate surface area is 91.4 Å². The van der Waals surface area contributed by atoms with Crippen molar-refractivity contribution in [1.29, 1.82) is 0 Å². The van der Waals surface area contributed by atoms with Crippen LogP contribution in [0.25, 0.3) is 10.9 Å². The number of esters is 1. The number of aldehydes is 1. The fourth-order valence-corrected chi connectivity index (χ4v) is 1.64. The van der Waals surface area contributed by atoms with Crippen LogP contribution in [-0.4, -0.2) is 29.6 Å². The largest absolute Gasteiger partial charge is 0.465 e. The first-order chi connectivity index (χ1) is 7.77. The van der Waals surface area contributed by atoms with Crippen LogP contribution in [0.1, 0.15) is 15.9 Å². The summed E-state index contributed by atoms with van der Waals surface area (Å²) < 4.78 is 4.66. The molecule has 5 nitrogen and oxygen atoms in total. The quantitative estimate of drug-likeness (QED) is 0.618. The van der Waals surface area contributed by atoms with Crippen LogP contribution in [0.3, 0.4) is 0 Å². The first-order valence-corrected chi connectivity index (χ1v) is 4.75. The summed E-state index contributed by atoms with van der Waals surface area (Å²) in [6.45, 7) is 0. The van der Waals surface area contributed by atoms with Gasteiger partial charge in [-0.1, -0.05) is 6.07 Å². The first-order valence-electron chi connectivity index (χ1n) is 4.75. The van der Waals surface area contributed by atoms with Crippen LogP contribution in [0, 0.1) is 0 Å². The highest BCUT2D eigenvalue weighted by Gasteiger charge is 2.13. The van der Waals surface area contributed by atoms with Gasteiger partial charge in [-0.2, -0.15) is 5.10 Å². The Kier molecular flexibility index (Phi) is 2.68. The zero-order valence-corrected chi connectivity index (χ0v) is 8.69. The molecule has 0 bridgehead atoms. The van der Waals surface area contributed by atoms with Crippen LogP contribution in [0.2, 0.25) is 0 Å². The first kappa shape index (κ1) is 10.4. The maximum absolute atomic E-state index is 11.5. The van der Waals surface area contributed by atoms with Gasteiger partial charge in [0.05, 0.1) is 24.4 Å². The average molecular weight is 218 g/mol. The van der Waals surface area contributed by atoms with Crippen LogP contribution in [0.4, 0.5) is 0 Å². The van der Waals surface area contributed by atoms with Crippen molar-refractivity contribution in [3.63, 3.8) is 0 Å². The van der Waals surface area contributed by atoms with E-state index in [0.717, 1.165) is 17.2 Å². The van der Waals surface area contributed by atoms with E-state index in [1.54, 1.807) is 18.3 Å². The fourth-order valence-electron chi connectivity index (χ4n) is 1.64. The molecule has 16 heavy (non-hydrogen) atoms. The molecule has 0 unspecified atom stereocenters. The summed E-state index contributed by atoms with van der Waals surface area (Å²) in [7, 11) is 1.32. The number of nitrogens with zero attached hydrogens (tertiary/aromatic N) is 1. The van der Waals surface area contributed by atoms with Gasteiger partial charge in [0.2, 0.25) is 0 Å². The van der Waals surface area contributed by atoms with Gasteiger partial charge < -0.3 is 9.53 Å². The lowest BCUT2D eigenvalue weighted by atomic mass is 10.0. The molecule has 0 atom stereocenters. The van der Waals surface area contributed by atoms with Gasteiger partial charge in [-0.15, -0.1) is 0 Å². The van der Waals surface area contributed by atoms with Crippen molar-refractivity contribution < 1.29 is 14.3 Å². The number of carbonyl (C=O) groups excluding carboxylic acids is 2. The predicted octanol–water partition coefficient (Wildman–Crippen LogP) is 1.09. The van der Waals surface area contributed by atoms with E-state index in [1.165, 1.54) is 7.11 Å². The fraction of sp³-hybridized carbons (Fsp3) is 0.182. The minimum absolute atomic E-state index is 0.303. The van der Waals surface area contributed by atoms with Crippen molar-refractivity contribution >= 4 is 23.2 Å². The zero-order chi connectivity index (χ0) is 11.5. The number of H-pyrrole nitrogens is 1. The topological polar surface area (TPSA) is 72.1 Å². The Morgan fingerprint density at radius 3 is 3.06 bits per heavy atom. The van der Waals surface area contributed by atoms with Gasteiger partial charge in [-0.3, -0.25) is 5.10 Å². The van der Waals surface area contributed by atoms with Crippen LogP contribution in [-0.2, 0) is 16.0 Å². The predicted molar refractivity (Wildman–Crippen MR) is 57.2 cm³/mol. The van der Waals surface area contributed by atoms with Crippen molar-refractivity contribution in [1.82, 2.24) is 10.2 Å². The summed E-state index contributed by atoms with van der Waals surface area (Å²) in [6.07, 6.45) is 2.72. The van der Waals surface area contributed by atoms with E-state index in [0.29, 0.717) is 17.5 Å². The molecule has 5 heteroatoms. The molecule has 1 N–H and O–H groups in total.